The highest BCUT2D eigenvalue weighted by Gasteiger charge is 2.54. The van der Waals surface area contributed by atoms with Gasteiger partial charge in [-0.15, -0.1) is 0 Å². The van der Waals surface area contributed by atoms with Crippen molar-refractivity contribution >= 4 is 5.78 Å². The van der Waals surface area contributed by atoms with Gasteiger partial charge in [0.25, 0.3) is 0 Å². The number of aliphatic hydroxyl groups excluding tert-OH is 7. The molecule has 18 N–H and O–H groups in total. The Balaban J connectivity index is 1.54. The van der Waals surface area contributed by atoms with Crippen LogP contribution in [0.25, 0.3) is 0 Å². The molecular formula is C30H56N6O14. The lowest BCUT2D eigenvalue weighted by molar-refractivity contribution is -0.286. The van der Waals surface area contributed by atoms with E-state index in [2.05, 4.69) is 5.32 Å². The number of rotatable bonds is 17. The molecule has 2 saturated heterocycles. The second-order valence-corrected chi connectivity index (χ2v) is 13.2. The third-order valence-electron chi connectivity index (χ3n) is 9.55. The number of aliphatic hydroxyl groups is 7. The Morgan fingerprint density at radius 3 is 2.18 bits per heavy atom. The number of nitrogens with two attached hydrogens (primary N) is 5. The van der Waals surface area contributed by atoms with Gasteiger partial charge in [-0.25, -0.2) is 0 Å². The molecule has 0 aromatic heterocycles. The van der Waals surface area contributed by atoms with Crippen molar-refractivity contribution in [3.63, 3.8) is 0 Å². The van der Waals surface area contributed by atoms with Crippen LogP contribution in [0.15, 0.2) is 12.2 Å². The summed E-state index contributed by atoms with van der Waals surface area (Å²) in [6.07, 6.45) is -14.7. The van der Waals surface area contributed by atoms with Crippen LogP contribution in [0.5, 0.6) is 0 Å². The van der Waals surface area contributed by atoms with E-state index in [1.165, 1.54) is 0 Å². The second kappa shape index (κ2) is 19.1. The van der Waals surface area contributed by atoms with E-state index in [1.54, 1.807) is 12.2 Å². The van der Waals surface area contributed by atoms with Crippen molar-refractivity contribution in [3.8, 4) is 0 Å². The SMILES string of the molecule is NCC[C@H](O)C(=O)C[C@@H]1C[C@H](N)[C@@H](O[C@H]2O[C@H](CNCCO)C=C[C@H]2N)[C@H](O[C@@H]2O[C@H](CO)[C@@H](O[C@H]3O[C@@H](CN)[C@@H](O)[C@H](O)[C@H]3N)[C@H]2O)[C@H]1O. The van der Waals surface area contributed by atoms with Gasteiger partial charge in [-0.05, 0) is 25.3 Å². The molecule has 0 spiro atoms. The lowest BCUT2D eigenvalue weighted by Gasteiger charge is -2.46. The third kappa shape index (κ3) is 9.79. The van der Waals surface area contributed by atoms with Gasteiger partial charge in [0.15, 0.2) is 24.7 Å². The number of Topliss-reactive ketones (excluding diaryl/α,β-unsaturated/α-hetero) is 1. The van der Waals surface area contributed by atoms with E-state index in [0.29, 0.717) is 13.1 Å². The van der Waals surface area contributed by atoms with Crippen LogP contribution in [0.1, 0.15) is 19.3 Å². The highest BCUT2D eigenvalue weighted by atomic mass is 16.8. The number of carbonyl (C=O) groups excluding carboxylic acids is 1. The minimum Gasteiger partial charge on any atom is -0.395 e. The summed E-state index contributed by atoms with van der Waals surface area (Å²) in [6.45, 7) is -0.180. The average Bonchev–Trinajstić information content (AvgIpc) is 3.39. The Kier molecular flexibility index (Phi) is 15.8. The topological polar surface area (TPSA) is 356 Å². The predicted octanol–water partition coefficient (Wildman–Crippen LogP) is -7.48. The van der Waals surface area contributed by atoms with Crippen molar-refractivity contribution in [2.75, 3.05) is 39.4 Å². The highest BCUT2D eigenvalue weighted by Crippen LogP contribution is 2.37. The van der Waals surface area contributed by atoms with Crippen LogP contribution < -0.4 is 34.0 Å². The summed E-state index contributed by atoms with van der Waals surface area (Å²) < 4.78 is 35.8. The van der Waals surface area contributed by atoms with E-state index in [-0.39, 0.29) is 39.0 Å². The zero-order valence-corrected chi connectivity index (χ0v) is 27.8. The molecule has 4 rings (SSSR count). The van der Waals surface area contributed by atoms with Crippen molar-refractivity contribution in [1.82, 2.24) is 5.32 Å². The van der Waals surface area contributed by atoms with E-state index >= 15 is 0 Å². The van der Waals surface area contributed by atoms with Gasteiger partial charge in [0.05, 0.1) is 37.5 Å². The van der Waals surface area contributed by atoms with Crippen LogP contribution >= 0.6 is 0 Å². The van der Waals surface area contributed by atoms with Crippen LogP contribution in [-0.2, 0) is 33.2 Å². The molecule has 0 bridgehead atoms. The quantitative estimate of drug-likeness (QED) is 0.0489. The Labute approximate surface area is 289 Å². The van der Waals surface area contributed by atoms with Crippen molar-refractivity contribution in [2.24, 2.45) is 34.6 Å². The standard InChI is InChI=1S/C30H56N6O14/c31-4-3-16(39)17(40)8-12-7-15(34)25(48-28-14(33)2-1-13(45-28)10-36-5-6-37)27(21(12)41)50-30-24(44)26(19(11-38)47-30)49-29-20(35)23(43)22(42)18(9-32)46-29/h1-2,12-16,18-30,36-39,41-44H,3-11,31-35H2/t12-,13-,14+,15-,16-,18-,19+,20+,21-,22+,23+,24+,25+,26+,27+,28+,29+,30-/m0/s1. The van der Waals surface area contributed by atoms with Crippen LogP contribution in [0.3, 0.4) is 0 Å². The van der Waals surface area contributed by atoms with Gasteiger partial charge >= 0.3 is 0 Å². The van der Waals surface area contributed by atoms with E-state index in [1.807, 2.05) is 0 Å². The van der Waals surface area contributed by atoms with E-state index < -0.39 is 122 Å². The molecule has 1 saturated carbocycles. The van der Waals surface area contributed by atoms with Gasteiger partial charge in [0.2, 0.25) is 0 Å². The van der Waals surface area contributed by atoms with Crippen molar-refractivity contribution in [1.29, 1.82) is 0 Å². The summed E-state index contributed by atoms with van der Waals surface area (Å²) in [6, 6.07) is -2.90. The van der Waals surface area contributed by atoms with Crippen LogP contribution in [0.4, 0.5) is 0 Å². The molecule has 4 aliphatic rings. The maximum atomic E-state index is 12.8. The lowest BCUT2D eigenvalue weighted by Crippen LogP contribution is -2.64. The predicted molar refractivity (Wildman–Crippen MR) is 171 cm³/mol. The third-order valence-corrected chi connectivity index (χ3v) is 9.55. The van der Waals surface area contributed by atoms with Crippen LogP contribution in [0, 0.1) is 5.92 Å². The molecule has 0 aromatic rings. The highest BCUT2D eigenvalue weighted by molar-refractivity contribution is 5.83. The first kappa shape index (κ1) is 41.4. The molecule has 290 valence electrons. The van der Waals surface area contributed by atoms with Gasteiger partial charge in [-0.1, -0.05) is 12.2 Å². The summed E-state index contributed by atoms with van der Waals surface area (Å²) >= 11 is 0. The summed E-state index contributed by atoms with van der Waals surface area (Å²) in [5.74, 6) is -1.37. The first-order valence-corrected chi connectivity index (χ1v) is 17.0. The van der Waals surface area contributed by atoms with Gasteiger partial charge in [-0.3, -0.25) is 4.79 Å². The van der Waals surface area contributed by atoms with Crippen molar-refractivity contribution in [2.45, 2.75) is 123 Å². The summed E-state index contributed by atoms with van der Waals surface area (Å²) in [4.78, 5) is 12.8. The molecule has 1 aliphatic carbocycles. The number of nitrogens with one attached hydrogen (secondary N) is 1. The Hall–Kier alpha value is -1.35. The fourth-order valence-electron chi connectivity index (χ4n) is 6.66. The van der Waals surface area contributed by atoms with E-state index in [9.17, 15) is 35.4 Å². The molecule has 3 aliphatic heterocycles. The summed E-state index contributed by atoms with van der Waals surface area (Å²) in [5, 5.41) is 76.1. The maximum absolute atomic E-state index is 12.8. The zero-order valence-electron chi connectivity index (χ0n) is 27.8. The molecule has 3 fully saturated rings. The lowest BCUT2D eigenvalue weighted by atomic mass is 9.76. The molecule has 0 aromatic carbocycles. The van der Waals surface area contributed by atoms with Crippen LogP contribution in [-0.4, -0.2) is 185 Å². The fraction of sp³-hybridized carbons (Fsp3) is 0.900. The maximum Gasteiger partial charge on any atom is 0.187 e. The van der Waals surface area contributed by atoms with Crippen molar-refractivity contribution < 1.29 is 69.0 Å². The first-order chi connectivity index (χ1) is 23.8. The van der Waals surface area contributed by atoms with E-state index in [4.69, 9.17) is 62.2 Å². The molecule has 0 amide bonds. The van der Waals surface area contributed by atoms with E-state index in [0.717, 1.165) is 0 Å². The van der Waals surface area contributed by atoms with Crippen LogP contribution in [0.2, 0.25) is 0 Å². The normalized spacial score (nSPS) is 44.4. The van der Waals surface area contributed by atoms with Gasteiger partial charge in [-0.2, -0.15) is 0 Å². The number of hydrogen-bond acceptors (Lipinski definition) is 20. The number of ether oxygens (including phenoxy) is 6. The molecule has 50 heavy (non-hydrogen) atoms. The second-order valence-electron chi connectivity index (χ2n) is 13.2. The Bertz CT molecular complexity index is 1080. The molecule has 20 heteroatoms. The monoisotopic (exact) mass is 724 g/mol. The largest absolute Gasteiger partial charge is 0.395 e. The number of ketones is 1. The zero-order chi connectivity index (χ0) is 36.7. The molecule has 0 unspecified atom stereocenters. The molecule has 20 nitrogen and oxygen atoms in total. The number of carbonyl (C=O) groups is 1. The number of hydrogen-bond donors (Lipinski definition) is 13. The summed E-state index contributed by atoms with van der Waals surface area (Å²) in [5.41, 5.74) is 30.1. The molecule has 3 heterocycles. The molecule has 18 atom stereocenters. The smallest absolute Gasteiger partial charge is 0.187 e. The van der Waals surface area contributed by atoms with Gasteiger partial charge in [0.1, 0.15) is 54.9 Å². The minimum absolute atomic E-state index is 0.0283. The van der Waals surface area contributed by atoms with Crippen molar-refractivity contribution in [3.05, 3.63) is 12.2 Å². The Morgan fingerprint density at radius 2 is 1.52 bits per heavy atom. The Morgan fingerprint density at radius 1 is 0.840 bits per heavy atom. The average molecular weight is 725 g/mol. The minimum atomic E-state index is -1.64. The first-order valence-electron chi connectivity index (χ1n) is 17.0. The summed E-state index contributed by atoms with van der Waals surface area (Å²) in [7, 11) is 0. The molecule has 0 radical (unpaired) electrons. The fourth-order valence-corrected chi connectivity index (χ4v) is 6.66. The molecular weight excluding hydrogens is 668 g/mol. The van der Waals surface area contributed by atoms with Gasteiger partial charge in [0, 0.05) is 32.1 Å². The van der Waals surface area contributed by atoms with Gasteiger partial charge < -0.3 is 98.2 Å².